The highest BCUT2D eigenvalue weighted by molar-refractivity contribution is 5.89. The third-order valence-electron chi connectivity index (χ3n) is 5.17. The second-order valence-electron chi connectivity index (χ2n) is 7.83. The van der Waals surface area contributed by atoms with E-state index in [4.69, 9.17) is 4.84 Å². The molecular formula is C20H21N3O4. The molecule has 140 valence electrons. The number of para-hydroxylation sites is 1. The first-order chi connectivity index (χ1) is 12.8. The number of amides is 1. The lowest BCUT2D eigenvalue weighted by Gasteiger charge is -2.26. The molecule has 27 heavy (non-hydrogen) atoms. The predicted octanol–water partition coefficient (Wildman–Crippen LogP) is 3.52. The number of hydrogen-bond acceptors (Lipinski definition) is 5. The van der Waals surface area contributed by atoms with E-state index in [1.807, 2.05) is 44.2 Å². The van der Waals surface area contributed by atoms with Crippen LogP contribution >= 0.6 is 0 Å². The van der Waals surface area contributed by atoms with Crippen molar-refractivity contribution in [1.82, 2.24) is 5.32 Å². The molecule has 0 aliphatic carbocycles. The standard InChI is InChI=1S/C20H21N3O4/c1-19(2)13-20(18(24)21-19)12-17(14-8-10-16(11-9-14)23(25)26)22(27-20)15-6-4-3-5-7-15/h3-11,17H,12-13H2,1-2H3,(H,21,24)/t17-,20+/m1/s1. The molecule has 7 nitrogen and oxygen atoms in total. The fourth-order valence-corrected chi connectivity index (χ4v) is 4.06. The van der Waals surface area contributed by atoms with Gasteiger partial charge in [0, 0.05) is 30.5 Å². The summed E-state index contributed by atoms with van der Waals surface area (Å²) in [5, 5.41) is 15.7. The first kappa shape index (κ1) is 17.5. The second kappa shape index (κ2) is 6.06. The number of nitro groups is 1. The lowest BCUT2D eigenvalue weighted by atomic mass is 9.86. The third kappa shape index (κ3) is 3.04. The van der Waals surface area contributed by atoms with Crippen molar-refractivity contribution in [3.8, 4) is 0 Å². The van der Waals surface area contributed by atoms with Crippen LogP contribution in [-0.4, -0.2) is 22.0 Å². The molecule has 2 aromatic rings. The zero-order valence-electron chi connectivity index (χ0n) is 15.2. The number of nitrogens with one attached hydrogen (secondary N) is 1. The molecule has 0 saturated carbocycles. The Labute approximate surface area is 157 Å². The van der Waals surface area contributed by atoms with Crippen molar-refractivity contribution in [1.29, 1.82) is 0 Å². The Hall–Kier alpha value is -2.93. The van der Waals surface area contributed by atoms with Crippen molar-refractivity contribution < 1.29 is 14.6 Å². The number of benzene rings is 2. The summed E-state index contributed by atoms with van der Waals surface area (Å²) < 4.78 is 0. The van der Waals surface area contributed by atoms with E-state index in [9.17, 15) is 14.9 Å². The highest BCUT2D eigenvalue weighted by Crippen LogP contribution is 2.49. The largest absolute Gasteiger partial charge is 0.348 e. The van der Waals surface area contributed by atoms with E-state index in [0.717, 1.165) is 11.3 Å². The summed E-state index contributed by atoms with van der Waals surface area (Å²) in [7, 11) is 0. The van der Waals surface area contributed by atoms with E-state index in [1.165, 1.54) is 12.1 Å². The quantitative estimate of drug-likeness (QED) is 0.663. The van der Waals surface area contributed by atoms with Crippen molar-refractivity contribution in [3.05, 3.63) is 70.3 Å². The maximum Gasteiger partial charge on any atom is 0.269 e. The van der Waals surface area contributed by atoms with Gasteiger partial charge in [-0.1, -0.05) is 30.3 Å². The lowest BCUT2D eigenvalue weighted by Crippen LogP contribution is -2.39. The molecule has 0 aromatic heterocycles. The third-order valence-corrected chi connectivity index (χ3v) is 5.17. The van der Waals surface area contributed by atoms with Crippen LogP contribution in [0.25, 0.3) is 0 Å². The number of carbonyl (C=O) groups excluding carboxylic acids is 1. The highest BCUT2D eigenvalue weighted by atomic mass is 16.7. The van der Waals surface area contributed by atoms with Crippen molar-refractivity contribution in [2.45, 2.75) is 43.9 Å². The van der Waals surface area contributed by atoms with Gasteiger partial charge in [0.1, 0.15) is 0 Å². The van der Waals surface area contributed by atoms with Gasteiger partial charge in [0.25, 0.3) is 11.6 Å². The van der Waals surface area contributed by atoms with Crippen molar-refractivity contribution in [3.63, 3.8) is 0 Å². The molecule has 0 radical (unpaired) electrons. The Bertz CT molecular complexity index is 882. The van der Waals surface area contributed by atoms with E-state index in [-0.39, 0.29) is 23.2 Å². The van der Waals surface area contributed by atoms with Crippen LogP contribution < -0.4 is 10.4 Å². The first-order valence-corrected chi connectivity index (χ1v) is 8.90. The Balaban J connectivity index is 1.73. The molecule has 2 heterocycles. The van der Waals surface area contributed by atoms with E-state index in [1.54, 1.807) is 17.2 Å². The number of rotatable bonds is 3. The normalized spacial score (nSPS) is 26.4. The van der Waals surface area contributed by atoms with E-state index in [0.29, 0.717) is 12.8 Å². The van der Waals surface area contributed by atoms with E-state index in [2.05, 4.69) is 5.32 Å². The summed E-state index contributed by atoms with van der Waals surface area (Å²) in [4.78, 5) is 29.6. The Morgan fingerprint density at radius 2 is 1.81 bits per heavy atom. The molecule has 1 spiro atoms. The average Bonchev–Trinajstić information content (AvgIpc) is 3.12. The summed E-state index contributed by atoms with van der Waals surface area (Å²) in [6, 6.07) is 15.8. The Morgan fingerprint density at radius 3 is 2.37 bits per heavy atom. The number of carbonyl (C=O) groups is 1. The first-order valence-electron chi connectivity index (χ1n) is 8.90. The summed E-state index contributed by atoms with van der Waals surface area (Å²) in [6.07, 6.45) is 1.04. The molecule has 2 saturated heterocycles. The van der Waals surface area contributed by atoms with Crippen LogP contribution in [0.5, 0.6) is 0 Å². The molecule has 1 amide bonds. The molecule has 2 atom stereocenters. The summed E-state index contributed by atoms with van der Waals surface area (Å²) in [6.45, 7) is 3.96. The van der Waals surface area contributed by atoms with Crippen LogP contribution in [0.4, 0.5) is 11.4 Å². The van der Waals surface area contributed by atoms with Gasteiger partial charge in [0.05, 0.1) is 16.7 Å². The molecule has 0 unspecified atom stereocenters. The van der Waals surface area contributed by atoms with Gasteiger partial charge < -0.3 is 5.32 Å². The molecule has 2 aliphatic rings. The molecule has 4 rings (SSSR count). The number of nitro benzene ring substituents is 1. The monoisotopic (exact) mass is 367 g/mol. The van der Waals surface area contributed by atoms with Gasteiger partial charge in [0.15, 0.2) is 5.60 Å². The van der Waals surface area contributed by atoms with Crippen LogP contribution in [0, 0.1) is 10.1 Å². The van der Waals surface area contributed by atoms with Crippen LogP contribution in [0.1, 0.15) is 38.3 Å². The zero-order chi connectivity index (χ0) is 19.2. The molecule has 1 N–H and O–H groups in total. The number of non-ortho nitro benzene ring substituents is 1. The maximum absolute atomic E-state index is 12.8. The fraction of sp³-hybridized carbons (Fsp3) is 0.350. The molecule has 2 aliphatic heterocycles. The minimum absolute atomic E-state index is 0.0402. The maximum atomic E-state index is 12.8. The molecular weight excluding hydrogens is 346 g/mol. The van der Waals surface area contributed by atoms with Crippen molar-refractivity contribution >= 4 is 17.3 Å². The molecule has 0 bridgehead atoms. The molecule has 2 aromatic carbocycles. The SMILES string of the molecule is CC1(C)C[C@@]2(C[C@H](c3ccc([N+](=O)[O-])cc3)N(c3ccccc3)O2)C(=O)N1. The van der Waals surface area contributed by atoms with Crippen molar-refractivity contribution in [2.24, 2.45) is 0 Å². The number of nitrogens with zero attached hydrogens (tertiary/aromatic N) is 2. The van der Waals surface area contributed by atoms with Crippen molar-refractivity contribution in [2.75, 3.05) is 5.06 Å². The number of hydrogen-bond donors (Lipinski definition) is 1. The fourth-order valence-electron chi connectivity index (χ4n) is 4.06. The summed E-state index contributed by atoms with van der Waals surface area (Å²) in [5.41, 5.74) is 0.475. The van der Waals surface area contributed by atoms with Gasteiger partial charge in [-0.25, -0.2) is 5.06 Å². The molecule has 2 fully saturated rings. The summed E-state index contributed by atoms with van der Waals surface area (Å²) in [5.74, 6) is -0.113. The van der Waals surface area contributed by atoms with Crippen LogP contribution in [0.3, 0.4) is 0 Å². The van der Waals surface area contributed by atoms with Gasteiger partial charge in [0.2, 0.25) is 0 Å². The minimum Gasteiger partial charge on any atom is -0.348 e. The van der Waals surface area contributed by atoms with Crippen LogP contribution in [-0.2, 0) is 9.63 Å². The van der Waals surface area contributed by atoms with Gasteiger partial charge >= 0.3 is 0 Å². The van der Waals surface area contributed by atoms with Crippen LogP contribution in [0.2, 0.25) is 0 Å². The van der Waals surface area contributed by atoms with Gasteiger partial charge in [-0.2, -0.15) is 0 Å². The topological polar surface area (TPSA) is 84.7 Å². The van der Waals surface area contributed by atoms with E-state index < -0.39 is 10.5 Å². The number of hydroxylamine groups is 1. The van der Waals surface area contributed by atoms with Crippen LogP contribution in [0.15, 0.2) is 54.6 Å². The Morgan fingerprint density at radius 1 is 1.15 bits per heavy atom. The summed E-state index contributed by atoms with van der Waals surface area (Å²) >= 11 is 0. The smallest absolute Gasteiger partial charge is 0.269 e. The van der Waals surface area contributed by atoms with Gasteiger partial charge in [-0.05, 0) is 31.5 Å². The second-order valence-corrected chi connectivity index (χ2v) is 7.83. The predicted molar refractivity (Wildman–Crippen MR) is 100 cm³/mol. The highest BCUT2D eigenvalue weighted by Gasteiger charge is 2.59. The van der Waals surface area contributed by atoms with Gasteiger partial charge in [-0.15, -0.1) is 0 Å². The Kier molecular flexibility index (Phi) is 3.92. The van der Waals surface area contributed by atoms with Gasteiger partial charge in [-0.3, -0.25) is 19.7 Å². The lowest BCUT2D eigenvalue weighted by molar-refractivity contribution is -0.384. The average molecular weight is 367 g/mol. The zero-order valence-corrected chi connectivity index (χ0v) is 15.2. The molecule has 7 heteroatoms. The minimum atomic E-state index is -0.939. The number of anilines is 1. The van der Waals surface area contributed by atoms with E-state index >= 15 is 0 Å².